The van der Waals surface area contributed by atoms with Gasteiger partial charge in [0, 0.05) is 49.4 Å². The summed E-state index contributed by atoms with van der Waals surface area (Å²) in [6.45, 7) is 18.5. The number of nitrogens with zero attached hydrogens (tertiary/aromatic N) is 7. The summed E-state index contributed by atoms with van der Waals surface area (Å²) < 4.78 is 0. The molecule has 2 aromatic rings. The molecule has 5 heterocycles. The van der Waals surface area contributed by atoms with E-state index in [9.17, 15) is 4.79 Å². The normalized spacial score (nSPS) is 22.7. The number of hydrogen-bond acceptors (Lipinski definition) is 9. The highest BCUT2D eigenvalue weighted by atomic mass is 32.1. The number of aromatic nitrogens is 1. The molecule has 0 aromatic carbocycles. The van der Waals surface area contributed by atoms with Crippen LogP contribution in [0.15, 0.2) is 51.0 Å². The van der Waals surface area contributed by atoms with Gasteiger partial charge in [-0.05, 0) is 56.4 Å². The van der Waals surface area contributed by atoms with Gasteiger partial charge in [0.05, 0.1) is 46.9 Å². The number of amides is 1. The number of rotatable bonds is 5. The highest BCUT2D eigenvalue weighted by Gasteiger charge is 2.29. The van der Waals surface area contributed by atoms with Crippen molar-refractivity contribution in [3.63, 3.8) is 0 Å². The Morgan fingerprint density at radius 2 is 1.92 bits per heavy atom. The molecule has 208 valence electrons. The van der Waals surface area contributed by atoms with Crippen LogP contribution in [0.3, 0.4) is 0 Å². The standard InChI is InChI=1S/C29H40N8OS/c1-19(2)35-9-11-36(12-10-35)23-13-21(15-30-17-23)24-18-37(34-33-24)25-14-22(16-31-20(25)3)32-28(38)26-7-8-27(39-26)29(4,5)6/h7-8,14,16-17,19,23H,9-13,15,18H2,1-6H3,(H,32,38)/b24-21-. The van der Waals surface area contributed by atoms with Gasteiger partial charge in [0.2, 0.25) is 0 Å². The Bertz CT molecular complexity index is 1300. The quantitative estimate of drug-likeness (QED) is 0.547. The molecule has 5 rings (SSSR count). The SMILES string of the molecule is Cc1ncc(NC(=O)c2ccc(C(C)(C)C)s2)cc1N1C/C(=C2/CN=CC(N3CCN(C(C)C)CC3)C2)N=N1. The molecule has 0 saturated carbocycles. The van der Waals surface area contributed by atoms with E-state index in [1.54, 1.807) is 6.20 Å². The van der Waals surface area contributed by atoms with E-state index in [0.29, 0.717) is 35.7 Å². The summed E-state index contributed by atoms with van der Waals surface area (Å²) in [5, 5.41) is 13.9. The van der Waals surface area contributed by atoms with Crippen LogP contribution in [-0.4, -0.2) is 78.3 Å². The predicted molar refractivity (Wildman–Crippen MR) is 159 cm³/mol. The van der Waals surface area contributed by atoms with Gasteiger partial charge in [0.1, 0.15) is 0 Å². The van der Waals surface area contributed by atoms with Crippen LogP contribution in [0.4, 0.5) is 11.4 Å². The average molecular weight is 549 g/mol. The van der Waals surface area contributed by atoms with Crippen LogP contribution in [0, 0.1) is 6.92 Å². The van der Waals surface area contributed by atoms with E-state index in [2.05, 4.69) is 71.3 Å². The minimum absolute atomic E-state index is 0.0150. The van der Waals surface area contributed by atoms with Crippen molar-refractivity contribution in [1.29, 1.82) is 0 Å². The summed E-state index contributed by atoms with van der Waals surface area (Å²) in [4.78, 5) is 29.1. The molecule has 0 aliphatic carbocycles. The number of thiophene rings is 1. The lowest BCUT2D eigenvalue weighted by atomic mass is 9.95. The molecule has 3 aliphatic rings. The van der Waals surface area contributed by atoms with E-state index in [-0.39, 0.29) is 11.3 Å². The number of carbonyl (C=O) groups excluding carboxylic acids is 1. The van der Waals surface area contributed by atoms with Crippen LogP contribution in [0.5, 0.6) is 0 Å². The fourth-order valence-electron chi connectivity index (χ4n) is 5.21. The molecule has 1 N–H and O–H groups in total. The average Bonchev–Trinajstić information content (AvgIpc) is 3.61. The van der Waals surface area contributed by atoms with E-state index in [1.807, 2.05) is 30.1 Å². The molecule has 1 unspecified atom stereocenters. The minimum atomic E-state index is -0.127. The van der Waals surface area contributed by atoms with Crippen molar-refractivity contribution in [2.45, 2.75) is 65.5 Å². The highest BCUT2D eigenvalue weighted by molar-refractivity contribution is 7.14. The van der Waals surface area contributed by atoms with Crippen molar-refractivity contribution in [1.82, 2.24) is 14.8 Å². The first-order valence-electron chi connectivity index (χ1n) is 13.8. The van der Waals surface area contributed by atoms with Crippen molar-refractivity contribution >= 4 is 34.8 Å². The summed E-state index contributed by atoms with van der Waals surface area (Å²) in [5.74, 6) is -0.127. The van der Waals surface area contributed by atoms with Crippen molar-refractivity contribution in [3.8, 4) is 0 Å². The van der Waals surface area contributed by atoms with Gasteiger partial charge in [-0.2, -0.15) is 0 Å². The Hall–Kier alpha value is -2.95. The maximum Gasteiger partial charge on any atom is 0.265 e. The second-order valence-electron chi connectivity index (χ2n) is 11.9. The van der Waals surface area contributed by atoms with Crippen molar-refractivity contribution in [2.24, 2.45) is 15.3 Å². The maximum absolute atomic E-state index is 12.9. The number of aliphatic imine (C=N–C) groups is 1. The Balaban J connectivity index is 1.24. The molecule has 10 heteroatoms. The Morgan fingerprint density at radius 1 is 1.15 bits per heavy atom. The zero-order valence-corrected chi connectivity index (χ0v) is 24.8. The van der Waals surface area contributed by atoms with E-state index in [0.717, 1.165) is 49.7 Å². The van der Waals surface area contributed by atoms with Crippen LogP contribution in [0.2, 0.25) is 0 Å². The van der Waals surface area contributed by atoms with Crippen LogP contribution in [0.1, 0.15) is 61.3 Å². The van der Waals surface area contributed by atoms with Crippen LogP contribution < -0.4 is 10.3 Å². The lowest BCUT2D eigenvalue weighted by Crippen LogP contribution is -2.53. The number of carbonyl (C=O) groups is 1. The molecule has 0 spiro atoms. The Morgan fingerprint density at radius 3 is 2.62 bits per heavy atom. The molecular formula is C29H40N8OS. The first-order chi connectivity index (χ1) is 18.6. The molecular weight excluding hydrogens is 508 g/mol. The molecule has 2 aromatic heterocycles. The monoisotopic (exact) mass is 548 g/mol. The summed E-state index contributed by atoms with van der Waals surface area (Å²) in [6, 6.07) is 6.76. The van der Waals surface area contributed by atoms with E-state index >= 15 is 0 Å². The smallest absolute Gasteiger partial charge is 0.265 e. The molecule has 1 amide bonds. The molecule has 1 saturated heterocycles. The zero-order chi connectivity index (χ0) is 27.7. The van der Waals surface area contributed by atoms with Crippen LogP contribution in [-0.2, 0) is 5.41 Å². The molecule has 0 radical (unpaired) electrons. The third-order valence-electron chi connectivity index (χ3n) is 7.71. The lowest BCUT2D eigenvalue weighted by Gasteiger charge is -2.40. The zero-order valence-electron chi connectivity index (χ0n) is 23.9. The first kappa shape index (κ1) is 27.6. The maximum atomic E-state index is 12.9. The topological polar surface area (TPSA) is 88.8 Å². The fourth-order valence-corrected chi connectivity index (χ4v) is 6.17. The third kappa shape index (κ3) is 6.28. The van der Waals surface area contributed by atoms with Gasteiger partial charge in [0.15, 0.2) is 0 Å². The summed E-state index contributed by atoms with van der Waals surface area (Å²) in [7, 11) is 0. The van der Waals surface area contributed by atoms with E-state index in [1.165, 1.54) is 21.8 Å². The summed E-state index contributed by atoms with van der Waals surface area (Å²) in [6.07, 6.45) is 4.76. The Labute approximate surface area is 235 Å². The van der Waals surface area contributed by atoms with E-state index in [4.69, 9.17) is 4.99 Å². The summed E-state index contributed by atoms with van der Waals surface area (Å²) >= 11 is 1.53. The summed E-state index contributed by atoms with van der Waals surface area (Å²) in [5.41, 5.74) is 4.58. The molecule has 1 atom stereocenters. The number of nitrogens with one attached hydrogen (secondary N) is 1. The largest absolute Gasteiger partial charge is 0.320 e. The van der Waals surface area contributed by atoms with Gasteiger partial charge in [-0.3, -0.25) is 24.6 Å². The Kier molecular flexibility index (Phi) is 7.98. The number of pyridine rings is 1. The second-order valence-corrected chi connectivity index (χ2v) is 13.0. The molecule has 1 fully saturated rings. The van der Waals surface area contributed by atoms with Gasteiger partial charge < -0.3 is 5.32 Å². The highest BCUT2D eigenvalue weighted by Crippen LogP contribution is 2.32. The molecule has 0 bridgehead atoms. The molecule has 9 nitrogen and oxygen atoms in total. The van der Waals surface area contributed by atoms with Crippen LogP contribution in [0.25, 0.3) is 0 Å². The number of aryl methyl sites for hydroxylation is 1. The van der Waals surface area contributed by atoms with Gasteiger partial charge >= 0.3 is 0 Å². The predicted octanol–water partition coefficient (Wildman–Crippen LogP) is 5.31. The molecule has 3 aliphatic heterocycles. The number of piperazine rings is 1. The van der Waals surface area contributed by atoms with Gasteiger partial charge in [-0.25, -0.2) is 5.01 Å². The van der Waals surface area contributed by atoms with Gasteiger partial charge in [-0.15, -0.1) is 16.5 Å². The van der Waals surface area contributed by atoms with Gasteiger partial charge in [-0.1, -0.05) is 26.0 Å². The second kappa shape index (κ2) is 11.3. The molecule has 39 heavy (non-hydrogen) atoms. The van der Waals surface area contributed by atoms with Crippen molar-refractivity contribution in [3.05, 3.63) is 51.1 Å². The fraction of sp³-hybridized carbons (Fsp3) is 0.552. The van der Waals surface area contributed by atoms with Gasteiger partial charge in [0.25, 0.3) is 5.91 Å². The minimum Gasteiger partial charge on any atom is -0.320 e. The van der Waals surface area contributed by atoms with Crippen molar-refractivity contribution in [2.75, 3.05) is 49.6 Å². The third-order valence-corrected chi connectivity index (χ3v) is 9.22. The van der Waals surface area contributed by atoms with Crippen molar-refractivity contribution < 1.29 is 4.79 Å². The lowest BCUT2D eigenvalue weighted by molar-refractivity contribution is 0.0963. The van der Waals surface area contributed by atoms with E-state index < -0.39 is 0 Å². The first-order valence-corrected chi connectivity index (χ1v) is 14.7. The van der Waals surface area contributed by atoms with Crippen LogP contribution >= 0.6 is 11.3 Å². The number of hydrogen-bond donors (Lipinski definition) is 1. The number of anilines is 2.